The molecule has 6 nitrogen and oxygen atoms in total. The molecule has 0 saturated carbocycles. The number of nitrogens with zero attached hydrogens (tertiary/aromatic N) is 1. The van der Waals surface area contributed by atoms with Crippen LogP contribution in [0.5, 0.6) is 0 Å². The molecule has 0 aliphatic carbocycles. The van der Waals surface area contributed by atoms with Gasteiger partial charge in [-0.1, -0.05) is 37.3 Å². The zero-order valence-electron chi connectivity index (χ0n) is 14.0. The average Bonchev–Trinajstić information content (AvgIpc) is 2.59. The van der Waals surface area contributed by atoms with E-state index in [1.165, 1.54) is 0 Å². The highest BCUT2D eigenvalue weighted by molar-refractivity contribution is 5.89. The smallest absolute Gasteiger partial charge is 0.249 e. The highest BCUT2D eigenvalue weighted by Crippen LogP contribution is 2.16. The molecule has 2 aliphatic rings. The van der Waals surface area contributed by atoms with Crippen molar-refractivity contribution in [2.45, 2.75) is 32.0 Å². The molecule has 6 heteroatoms. The number of rotatable bonds is 4. The fourth-order valence-electron chi connectivity index (χ4n) is 3.26. The fraction of sp³-hybridized carbons (Fsp3) is 0.556. The Labute approximate surface area is 142 Å². The second-order valence-corrected chi connectivity index (χ2v) is 6.62. The van der Waals surface area contributed by atoms with Crippen molar-refractivity contribution in [1.82, 2.24) is 15.5 Å². The largest absolute Gasteiger partial charge is 0.369 e. The lowest BCUT2D eigenvalue weighted by Gasteiger charge is -2.37. The summed E-state index contributed by atoms with van der Waals surface area (Å²) in [7, 11) is 0. The minimum Gasteiger partial charge on any atom is -0.369 e. The second-order valence-electron chi connectivity index (χ2n) is 6.62. The van der Waals surface area contributed by atoms with Gasteiger partial charge in [0, 0.05) is 19.1 Å². The van der Waals surface area contributed by atoms with Gasteiger partial charge in [0.15, 0.2) is 0 Å². The van der Waals surface area contributed by atoms with Gasteiger partial charge in [0.1, 0.15) is 12.6 Å². The van der Waals surface area contributed by atoms with E-state index in [2.05, 4.69) is 17.6 Å². The molecule has 0 spiro atoms. The Bertz CT molecular complexity index is 578. The molecule has 24 heavy (non-hydrogen) atoms. The van der Waals surface area contributed by atoms with Gasteiger partial charge >= 0.3 is 0 Å². The van der Waals surface area contributed by atoms with Crippen molar-refractivity contribution in [3.05, 3.63) is 35.9 Å². The van der Waals surface area contributed by atoms with Gasteiger partial charge in [-0.2, -0.15) is 0 Å². The first-order valence-corrected chi connectivity index (χ1v) is 8.57. The van der Waals surface area contributed by atoms with Crippen LogP contribution in [0, 0.1) is 5.92 Å². The first-order chi connectivity index (χ1) is 11.6. The number of nitrogens with one attached hydrogen (secondary N) is 2. The number of ether oxygens (including phenoxy) is 1. The molecule has 3 atom stereocenters. The number of carbonyl (C=O) groups is 2. The molecule has 2 fully saturated rings. The van der Waals surface area contributed by atoms with Crippen molar-refractivity contribution in [3.8, 4) is 0 Å². The van der Waals surface area contributed by atoms with Crippen LogP contribution in [0.3, 0.4) is 0 Å². The van der Waals surface area contributed by atoms with E-state index in [0.717, 1.165) is 25.1 Å². The Morgan fingerprint density at radius 2 is 2.17 bits per heavy atom. The number of morpholine rings is 1. The normalized spacial score (nSPS) is 27.8. The zero-order chi connectivity index (χ0) is 16.9. The van der Waals surface area contributed by atoms with Crippen LogP contribution in [0.1, 0.15) is 18.9 Å². The Morgan fingerprint density at radius 3 is 2.92 bits per heavy atom. The number of benzene rings is 1. The fourth-order valence-corrected chi connectivity index (χ4v) is 3.26. The zero-order valence-corrected chi connectivity index (χ0v) is 14.0. The van der Waals surface area contributed by atoms with E-state index in [1.807, 2.05) is 30.3 Å². The van der Waals surface area contributed by atoms with Gasteiger partial charge in [0.05, 0.1) is 6.61 Å². The number of hydrogen-bond donors (Lipinski definition) is 2. The molecule has 1 aromatic rings. The summed E-state index contributed by atoms with van der Waals surface area (Å²) in [6.07, 6.45) is 1.04. The van der Waals surface area contributed by atoms with Gasteiger partial charge in [0.2, 0.25) is 11.8 Å². The SMILES string of the molecule is CC1CCNCC1NC(=O)[C@H]1COCC(=O)N1Cc1ccccc1. The molecule has 0 aromatic heterocycles. The third kappa shape index (κ3) is 3.94. The molecule has 2 amide bonds. The van der Waals surface area contributed by atoms with Crippen molar-refractivity contribution < 1.29 is 14.3 Å². The highest BCUT2D eigenvalue weighted by atomic mass is 16.5. The third-order valence-electron chi connectivity index (χ3n) is 4.85. The highest BCUT2D eigenvalue weighted by Gasteiger charge is 2.35. The summed E-state index contributed by atoms with van der Waals surface area (Å²) < 4.78 is 5.33. The molecule has 1 aromatic carbocycles. The van der Waals surface area contributed by atoms with E-state index in [-0.39, 0.29) is 31.1 Å². The van der Waals surface area contributed by atoms with Gasteiger partial charge in [0.25, 0.3) is 0 Å². The van der Waals surface area contributed by atoms with Gasteiger partial charge < -0.3 is 20.3 Å². The van der Waals surface area contributed by atoms with Crippen LogP contribution >= 0.6 is 0 Å². The van der Waals surface area contributed by atoms with Crippen LogP contribution in [-0.4, -0.2) is 55.1 Å². The van der Waals surface area contributed by atoms with Gasteiger partial charge in [-0.25, -0.2) is 0 Å². The summed E-state index contributed by atoms with van der Waals surface area (Å²) in [6.45, 7) is 4.62. The van der Waals surface area contributed by atoms with Crippen LogP contribution < -0.4 is 10.6 Å². The van der Waals surface area contributed by atoms with E-state index in [4.69, 9.17) is 4.74 Å². The van der Waals surface area contributed by atoms with Crippen molar-refractivity contribution >= 4 is 11.8 Å². The molecule has 0 radical (unpaired) electrons. The summed E-state index contributed by atoms with van der Waals surface area (Å²) in [5.74, 6) is 0.164. The van der Waals surface area contributed by atoms with Gasteiger partial charge in [-0.05, 0) is 24.4 Å². The summed E-state index contributed by atoms with van der Waals surface area (Å²) >= 11 is 0. The van der Waals surface area contributed by atoms with Crippen molar-refractivity contribution in [3.63, 3.8) is 0 Å². The lowest BCUT2D eigenvalue weighted by atomic mass is 9.94. The monoisotopic (exact) mass is 331 g/mol. The topological polar surface area (TPSA) is 70.7 Å². The third-order valence-corrected chi connectivity index (χ3v) is 4.85. The van der Waals surface area contributed by atoms with Crippen LogP contribution in [-0.2, 0) is 20.9 Å². The Balaban J connectivity index is 1.68. The molecule has 0 bridgehead atoms. The number of hydrogen-bond acceptors (Lipinski definition) is 4. The second kappa shape index (κ2) is 7.77. The summed E-state index contributed by atoms with van der Waals surface area (Å²) in [5.41, 5.74) is 1.01. The van der Waals surface area contributed by atoms with Crippen LogP contribution in [0.4, 0.5) is 0 Å². The minimum atomic E-state index is -0.569. The van der Waals surface area contributed by atoms with Crippen molar-refractivity contribution in [1.29, 1.82) is 0 Å². The van der Waals surface area contributed by atoms with Crippen LogP contribution in [0.15, 0.2) is 30.3 Å². The van der Waals surface area contributed by atoms with E-state index >= 15 is 0 Å². The summed E-state index contributed by atoms with van der Waals surface area (Å²) in [6, 6.07) is 9.26. The predicted molar refractivity (Wildman–Crippen MR) is 90.2 cm³/mol. The molecule has 2 heterocycles. The maximum atomic E-state index is 12.7. The lowest BCUT2D eigenvalue weighted by Crippen LogP contribution is -2.59. The summed E-state index contributed by atoms with van der Waals surface area (Å²) in [5, 5.41) is 6.41. The van der Waals surface area contributed by atoms with Gasteiger partial charge in [-0.15, -0.1) is 0 Å². The van der Waals surface area contributed by atoms with Crippen molar-refractivity contribution in [2.24, 2.45) is 5.92 Å². The number of amides is 2. The molecule has 3 rings (SSSR count). The van der Waals surface area contributed by atoms with Crippen LogP contribution in [0.25, 0.3) is 0 Å². The maximum absolute atomic E-state index is 12.7. The molecule has 2 N–H and O–H groups in total. The molecule has 2 aliphatic heterocycles. The summed E-state index contributed by atoms with van der Waals surface area (Å²) in [4.78, 5) is 26.7. The van der Waals surface area contributed by atoms with Crippen molar-refractivity contribution in [2.75, 3.05) is 26.3 Å². The quantitative estimate of drug-likeness (QED) is 0.844. The van der Waals surface area contributed by atoms with E-state index < -0.39 is 6.04 Å². The van der Waals surface area contributed by atoms with Crippen LogP contribution in [0.2, 0.25) is 0 Å². The molecule has 2 saturated heterocycles. The molecule has 2 unspecified atom stereocenters. The molecular formula is C18H25N3O3. The predicted octanol–water partition coefficient (Wildman–Crippen LogP) is 0.528. The maximum Gasteiger partial charge on any atom is 0.249 e. The molecular weight excluding hydrogens is 306 g/mol. The number of piperidine rings is 1. The first-order valence-electron chi connectivity index (χ1n) is 8.57. The first kappa shape index (κ1) is 16.9. The van der Waals surface area contributed by atoms with E-state index in [9.17, 15) is 9.59 Å². The Morgan fingerprint density at radius 1 is 1.38 bits per heavy atom. The average molecular weight is 331 g/mol. The number of carbonyl (C=O) groups excluding carboxylic acids is 2. The Hall–Kier alpha value is -1.92. The van der Waals surface area contributed by atoms with Gasteiger partial charge in [-0.3, -0.25) is 9.59 Å². The minimum absolute atomic E-state index is 0.0397. The van der Waals surface area contributed by atoms with E-state index in [1.54, 1.807) is 4.90 Å². The lowest BCUT2D eigenvalue weighted by molar-refractivity contribution is -0.156. The Kier molecular flexibility index (Phi) is 5.48. The molecule has 130 valence electrons. The standard InChI is InChI=1S/C18H25N3O3/c1-13-7-8-19-9-15(13)20-18(23)16-11-24-12-17(22)21(16)10-14-5-3-2-4-6-14/h2-6,13,15-16,19H,7-12H2,1H3,(H,20,23)/t13?,15?,16-/m1/s1. The van der Waals surface area contributed by atoms with E-state index in [0.29, 0.717) is 12.5 Å².